The third-order valence-corrected chi connectivity index (χ3v) is 4.20. The first kappa shape index (κ1) is 12.8. The van der Waals surface area contributed by atoms with Crippen LogP contribution in [0.2, 0.25) is 0 Å². The molecule has 98 valence electrons. The first-order valence-corrected chi connectivity index (χ1v) is 7.11. The maximum atomic E-state index is 11.1. The van der Waals surface area contributed by atoms with Gasteiger partial charge in [-0.25, -0.2) is 0 Å². The van der Waals surface area contributed by atoms with Crippen LogP contribution in [0.4, 0.5) is 0 Å². The summed E-state index contributed by atoms with van der Waals surface area (Å²) >= 11 is 1.69. The molecule has 0 aromatic heterocycles. The van der Waals surface area contributed by atoms with Gasteiger partial charge in [0.15, 0.2) is 0 Å². The van der Waals surface area contributed by atoms with Gasteiger partial charge in [0.05, 0.1) is 0 Å². The summed E-state index contributed by atoms with van der Waals surface area (Å²) < 4.78 is 0. The number of amides is 1. The molecule has 2 N–H and O–H groups in total. The van der Waals surface area contributed by atoms with Crippen molar-refractivity contribution in [2.45, 2.75) is 9.79 Å². The summed E-state index contributed by atoms with van der Waals surface area (Å²) in [6.45, 7) is 0. The van der Waals surface area contributed by atoms with Crippen LogP contribution in [0.15, 0.2) is 76.5 Å². The quantitative estimate of drug-likeness (QED) is 0.784. The summed E-state index contributed by atoms with van der Waals surface area (Å²) in [7, 11) is 0. The maximum absolute atomic E-state index is 11.1. The summed E-state index contributed by atoms with van der Waals surface area (Å²) in [6, 6.07) is 21.9. The minimum atomic E-state index is -0.397. The molecule has 0 fully saturated rings. The number of carbonyl (C=O) groups excluding carboxylic acids is 1. The van der Waals surface area contributed by atoms with E-state index in [9.17, 15) is 4.79 Å². The van der Waals surface area contributed by atoms with Crippen molar-refractivity contribution in [2.75, 3.05) is 0 Å². The van der Waals surface area contributed by atoms with Crippen molar-refractivity contribution in [3.05, 3.63) is 72.3 Å². The van der Waals surface area contributed by atoms with Crippen LogP contribution >= 0.6 is 11.8 Å². The Morgan fingerprint density at radius 3 is 2.30 bits per heavy atom. The van der Waals surface area contributed by atoms with Crippen LogP contribution in [0.5, 0.6) is 0 Å². The molecule has 0 aliphatic carbocycles. The van der Waals surface area contributed by atoms with Gasteiger partial charge in [-0.3, -0.25) is 4.79 Å². The number of hydrogen-bond donors (Lipinski definition) is 1. The van der Waals surface area contributed by atoms with Crippen LogP contribution in [0, 0.1) is 0 Å². The van der Waals surface area contributed by atoms with Gasteiger partial charge in [-0.05, 0) is 41.1 Å². The smallest absolute Gasteiger partial charge is 0.248 e. The van der Waals surface area contributed by atoms with E-state index in [2.05, 4.69) is 30.3 Å². The standard InChI is InChI=1S/C17H13NOS/c18-17(19)13-8-10-14(11-9-13)20-16-7-3-5-12-4-1-2-6-15(12)16/h1-11H,(H2,18,19). The molecule has 1 amide bonds. The molecule has 3 heteroatoms. The molecule has 3 aromatic carbocycles. The SMILES string of the molecule is NC(=O)c1ccc(Sc2cccc3ccccc23)cc1. The number of primary amides is 1. The largest absolute Gasteiger partial charge is 0.366 e. The van der Waals surface area contributed by atoms with E-state index in [4.69, 9.17) is 5.73 Å². The van der Waals surface area contributed by atoms with E-state index in [0.29, 0.717) is 5.56 Å². The van der Waals surface area contributed by atoms with Gasteiger partial charge in [-0.2, -0.15) is 0 Å². The Balaban J connectivity index is 1.95. The van der Waals surface area contributed by atoms with Gasteiger partial charge in [0.25, 0.3) is 0 Å². The molecule has 0 saturated heterocycles. The third-order valence-electron chi connectivity index (χ3n) is 3.12. The number of hydrogen-bond acceptors (Lipinski definition) is 2. The van der Waals surface area contributed by atoms with Gasteiger partial charge in [0, 0.05) is 15.4 Å². The van der Waals surface area contributed by atoms with Gasteiger partial charge < -0.3 is 5.73 Å². The summed E-state index contributed by atoms with van der Waals surface area (Å²) in [5.41, 5.74) is 5.78. The summed E-state index contributed by atoms with van der Waals surface area (Å²) in [5.74, 6) is -0.397. The summed E-state index contributed by atoms with van der Waals surface area (Å²) in [4.78, 5) is 13.4. The fourth-order valence-corrected chi connectivity index (χ4v) is 3.07. The van der Waals surface area contributed by atoms with E-state index in [1.165, 1.54) is 15.7 Å². The molecule has 3 aromatic rings. The van der Waals surface area contributed by atoms with Crippen LogP contribution in [-0.4, -0.2) is 5.91 Å². The van der Waals surface area contributed by atoms with Crippen molar-refractivity contribution in [2.24, 2.45) is 5.73 Å². The van der Waals surface area contributed by atoms with Crippen LogP contribution in [-0.2, 0) is 0 Å². The molecule has 3 rings (SSSR count). The van der Waals surface area contributed by atoms with E-state index >= 15 is 0 Å². The van der Waals surface area contributed by atoms with Gasteiger partial charge in [0.2, 0.25) is 5.91 Å². The van der Waals surface area contributed by atoms with Crippen LogP contribution in [0.3, 0.4) is 0 Å². The number of rotatable bonds is 3. The predicted molar refractivity (Wildman–Crippen MR) is 83.0 cm³/mol. The molecule has 2 nitrogen and oxygen atoms in total. The van der Waals surface area contributed by atoms with Crippen molar-refractivity contribution in [1.82, 2.24) is 0 Å². The predicted octanol–water partition coefficient (Wildman–Crippen LogP) is 4.09. The molecule has 0 atom stereocenters. The molecule has 0 aliphatic heterocycles. The molecule has 0 bridgehead atoms. The minimum absolute atomic E-state index is 0.397. The van der Waals surface area contributed by atoms with Crippen LogP contribution < -0.4 is 5.73 Å². The average Bonchev–Trinajstić information content (AvgIpc) is 2.48. The number of nitrogens with two attached hydrogens (primary N) is 1. The van der Waals surface area contributed by atoms with Gasteiger partial charge >= 0.3 is 0 Å². The fourth-order valence-electron chi connectivity index (χ4n) is 2.10. The molecule has 0 radical (unpaired) electrons. The molecule has 20 heavy (non-hydrogen) atoms. The van der Waals surface area contributed by atoms with Crippen molar-refractivity contribution >= 4 is 28.4 Å². The number of benzene rings is 3. The lowest BCUT2D eigenvalue weighted by Crippen LogP contribution is -2.10. The molecule has 0 aliphatic rings. The first-order chi connectivity index (χ1) is 9.74. The van der Waals surface area contributed by atoms with Crippen LogP contribution in [0.25, 0.3) is 10.8 Å². The highest BCUT2D eigenvalue weighted by atomic mass is 32.2. The Hall–Kier alpha value is -2.26. The molecular formula is C17H13NOS. The van der Waals surface area contributed by atoms with E-state index in [-0.39, 0.29) is 0 Å². The second-order valence-corrected chi connectivity index (χ2v) is 5.58. The average molecular weight is 279 g/mol. The molecule has 0 saturated carbocycles. The topological polar surface area (TPSA) is 43.1 Å². The Morgan fingerprint density at radius 2 is 1.55 bits per heavy atom. The summed E-state index contributed by atoms with van der Waals surface area (Å²) in [5, 5.41) is 2.46. The third kappa shape index (κ3) is 2.53. The Labute approximate surface area is 121 Å². The zero-order chi connectivity index (χ0) is 13.9. The molecule has 0 unspecified atom stereocenters. The van der Waals surface area contributed by atoms with Crippen molar-refractivity contribution in [1.29, 1.82) is 0 Å². The number of carbonyl (C=O) groups is 1. The lowest BCUT2D eigenvalue weighted by molar-refractivity contribution is 0.1000. The van der Waals surface area contributed by atoms with Gasteiger partial charge in [-0.1, -0.05) is 48.2 Å². The highest BCUT2D eigenvalue weighted by Crippen LogP contribution is 2.33. The lowest BCUT2D eigenvalue weighted by Gasteiger charge is -2.06. The molecular weight excluding hydrogens is 266 g/mol. The van der Waals surface area contributed by atoms with Crippen LogP contribution in [0.1, 0.15) is 10.4 Å². The Kier molecular flexibility index (Phi) is 3.44. The Morgan fingerprint density at radius 1 is 0.850 bits per heavy atom. The van der Waals surface area contributed by atoms with E-state index in [0.717, 1.165) is 4.90 Å². The van der Waals surface area contributed by atoms with Crippen molar-refractivity contribution in [3.63, 3.8) is 0 Å². The second-order valence-electron chi connectivity index (χ2n) is 4.47. The van der Waals surface area contributed by atoms with Crippen molar-refractivity contribution < 1.29 is 4.79 Å². The highest BCUT2D eigenvalue weighted by Gasteiger charge is 2.04. The molecule has 0 heterocycles. The highest BCUT2D eigenvalue weighted by molar-refractivity contribution is 7.99. The van der Waals surface area contributed by atoms with E-state index in [1.807, 2.05) is 24.3 Å². The summed E-state index contributed by atoms with van der Waals surface area (Å²) in [6.07, 6.45) is 0. The zero-order valence-electron chi connectivity index (χ0n) is 10.7. The Bertz CT molecular complexity index is 760. The normalized spacial score (nSPS) is 10.6. The fraction of sp³-hybridized carbons (Fsp3) is 0. The number of fused-ring (bicyclic) bond motifs is 1. The van der Waals surface area contributed by atoms with E-state index < -0.39 is 5.91 Å². The van der Waals surface area contributed by atoms with Gasteiger partial charge in [0.1, 0.15) is 0 Å². The first-order valence-electron chi connectivity index (χ1n) is 6.29. The maximum Gasteiger partial charge on any atom is 0.248 e. The molecule has 0 spiro atoms. The monoisotopic (exact) mass is 279 g/mol. The minimum Gasteiger partial charge on any atom is -0.366 e. The second kappa shape index (κ2) is 5.39. The van der Waals surface area contributed by atoms with E-state index in [1.54, 1.807) is 23.9 Å². The zero-order valence-corrected chi connectivity index (χ0v) is 11.6. The van der Waals surface area contributed by atoms with Crippen molar-refractivity contribution in [3.8, 4) is 0 Å². The lowest BCUT2D eigenvalue weighted by atomic mass is 10.1. The van der Waals surface area contributed by atoms with Gasteiger partial charge in [-0.15, -0.1) is 0 Å².